The zero-order valence-corrected chi connectivity index (χ0v) is 14.1. The largest absolute Gasteiger partial charge is 0.392 e. The van der Waals surface area contributed by atoms with Gasteiger partial charge < -0.3 is 10.8 Å². The molecular formula is C17H21N3O2S. The fourth-order valence-corrected chi connectivity index (χ4v) is 4.33. The van der Waals surface area contributed by atoms with E-state index >= 15 is 0 Å². The van der Waals surface area contributed by atoms with Crippen LogP contribution in [0.1, 0.15) is 24.6 Å². The Morgan fingerprint density at radius 2 is 2.17 bits per heavy atom. The first-order valence-corrected chi connectivity index (χ1v) is 8.61. The molecule has 0 aliphatic carbocycles. The van der Waals surface area contributed by atoms with Crippen molar-refractivity contribution >= 4 is 17.2 Å². The molecule has 23 heavy (non-hydrogen) atoms. The first kappa shape index (κ1) is 16.1. The minimum absolute atomic E-state index is 0.342. The van der Waals surface area contributed by atoms with E-state index in [2.05, 4.69) is 4.98 Å². The van der Waals surface area contributed by atoms with E-state index in [-0.39, 0.29) is 0 Å². The van der Waals surface area contributed by atoms with Gasteiger partial charge in [0.15, 0.2) is 0 Å². The minimum Gasteiger partial charge on any atom is -0.392 e. The van der Waals surface area contributed by atoms with Crippen molar-refractivity contribution in [2.75, 3.05) is 13.1 Å². The highest BCUT2D eigenvalue weighted by molar-refractivity contribution is 7.13. The summed E-state index contributed by atoms with van der Waals surface area (Å²) in [6, 6.07) is 7.89. The number of aromatic nitrogens is 1. The van der Waals surface area contributed by atoms with Gasteiger partial charge in [0, 0.05) is 13.0 Å². The van der Waals surface area contributed by atoms with Crippen LogP contribution >= 0.6 is 11.3 Å². The molecule has 2 heterocycles. The molecule has 1 aliphatic heterocycles. The van der Waals surface area contributed by atoms with Crippen molar-refractivity contribution in [2.24, 2.45) is 5.73 Å². The zero-order valence-electron chi connectivity index (χ0n) is 13.3. The lowest BCUT2D eigenvalue weighted by Crippen LogP contribution is -2.51. The number of likely N-dealkylation sites (N-methyl/N-ethyl adjacent to an activating group) is 1. The van der Waals surface area contributed by atoms with Crippen molar-refractivity contribution in [2.45, 2.75) is 31.9 Å². The Balaban J connectivity index is 2.02. The summed E-state index contributed by atoms with van der Waals surface area (Å²) in [6.07, 6.45) is -0.194. The molecule has 1 aromatic heterocycles. The van der Waals surface area contributed by atoms with Crippen molar-refractivity contribution in [1.29, 1.82) is 0 Å². The molecule has 1 amide bonds. The van der Waals surface area contributed by atoms with Crippen LogP contribution in [-0.2, 0) is 10.3 Å². The number of hydrogen-bond acceptors (Lipinski definition) is 5. The van der Waals surface area contributed by atoms with E-state index < -0.39 is 17.6 Å². The summed E-state index contributed by atoms with van der Waals surface area (Å²) in [5, 5.41) is 10.1. The maximum Gasteiger partial charge on any atom is 0.242 e. The van der Waals surface area contributed by atoms with Crippen LogP contribution in [0.4, 0.5) is 0 Å². The number of primary amides is 1. The van der Waals surface area contributed by atoms with Crippen LogP contribution in [0, 0.1) is 6.92 Å². The second kappa shape index (κ2) is 6.03. The smallest absolute Gasteiger partial charge is 0.242 e. The number of nitrogens with two attached hydrogens (primary N) is 1. The van der Waals surface area contributed by atoms with Crippen molar-refractivity contribution in [3.63, 3.8) is 0 Å². The summed E-state index contributed by atoms with van der Waals surface area (Å²) in [7, 11) is 0. The lowest BCUT2D eigenvalue weighted by atomic mass is 9.85. The van der Waals surface area contributed by atoms with Gasteiger partial charge in [0.25, 0.3) is 0 Å². The number of nitrogens with zero attached hydrogens (tertiary/aromatic N) is 2. The number of likely N-dealkylation sites (tertiary alicyclic amines) is 1. The number of amides is 1. The Morgan fingerprint density at radius 3 is 2.70 bits per heavy atom. The number of aliphatic hydroxyl groups is 1. The van der Waals surface area contributed by atoms with E-state index in [0.717, 1.165) is 21.7 Å². The topological polar surface area (TPSA) is 79.5 Å². The van der Waals surface area contributed by atoms with Crippen LogP contribution in [0.15, 0.2) is 29.8 Å². The van der Waals surface area contributed by atoms with Crippen molar-refractivity contribution in [3.05, 3.63) is 41.0 Å². The number of thiazole rings is 1. The summed E-state index contributed by atoms with van der Waals surface area (Å²) in [5.41, 5.74) is 9.58. The lowest BCUT2D eigenvalue weighted by molar-refractivity contribution is -0.129. The van der Waals surface area contributed by atoms with E-state index in [1.54, 1.807) is 11.3 Å². The van der Waals surface area contributed by atoms with Gasteiger partial charge in [0.1, 0.15) is 5.54 Å². The summed E-state index contributed by atoms with van der Waals surface area (Å²) in [6.45, 7) is 5.09. The van der Waals surface area contributed by atoms with Gasteiger partial charge >= 0.3 is 0 Å². The number of β-amino-alcohol motifs (C(OH)–C–C–N with tert-alkyl or cyclic N) is 1. The van der Waals surface area contributed by atoms with Crippen LogP contribution in [0.5, 0.6) is 0 Å². The van der Waals surface area contributed by atoms with Crippen molar-refractivity contribution in [3.8, 4) is 10.4 Å². The van der Waals surface area contributed by atoms with Gasteiger partial charge in [-0.25, -0.2) is 4.98 Å². The maximum absolute atomic E-state index is 12.3. The standard InChI is InChI=1S/C17H21N3O2S/c1-3-20-9-14(21)8-17(20,16(18)22)13-6-4-12(5-7-13)15-11(2)19-10-23-15/h4-7,10,14,21H,3,8-9H2,1-2H3,(H2,18,22). The van der Waals surface area contributed by atoms with Gasteiger partial charge in [-0.05, 0) is 24.6 Å². The van der Waals surface area contributed by atoms with Crippen molar-refractivity contribution < 1.29 is 9.90 Å². The third-order valence-corrected chi connectivity index (χ3v) is 5.64. The summed E-state index contributed by atoms with van der Waals surface area (Å²) >= 11 is 1.60. The normalized spacial score (nSPS) is 24.9. The van der Waals surface area contributed by atoms with Crippen molar-refractivity contribution in [1.82, 2.24) is 9.88 Å². The minimum atomic E-state index is -0.921. The molecule has 1 aliphatic rings. The number of carbonyl (C=O) groups excluding carboxylic acids is 1. The molecular weight excluding hydrogens is 310 g/mol. The van der Waals surface area contributed by atoms with Crippen LogP contribution in [0.3, 0.4) is 0 Å². The fraction of sp³-hybridized carbons (Fsp3) is 0.412. The first-order valence-electron chi connectivity index (χ1n) is 7.73. The molecule has 2 aromatic rings. The van der Waals surface area contributed by atoms with Crippen LogP contribution in [0.2, 0.25) is 0 Å². The molecule has 1 saturated heterocycles. The Kier molecular flexibility index (Phi) is 4.23. The van der Waals surface area contributed by atoms with Gasteiger partial charge in [-0.2, -0.15) is 0 Å². The Labute approximate surface area is 139 Å². The average Bonchev–Trinajstić information content (AvgIpc) is 3.11. The molecule has 1 aromatic carbocycles. The molecule has 3 N–H and O–H groups in total. The number of hydrogen-bond donors (Lipinski definition) is 2. The number of rotatable bonds is 4. The molecule has 6 heteroatoms. The van der Waals surface area contributed by atoms with Gasteiger partial charge in [-0.3, -0.25) is 9.69 Å². The third kappa shape index (κ3) is 2.56. The molecule has 1 fully saturated rings. The second-order valence-corrected chi connectivity index (χ2v) is 6.82. The van der Waals surface area contributed by atoms with Gasteiger partial charge in [0.2, 0.25) is 5.91 Å². The van der Waals surface area contributed by atoms with E-state index in [1.165, 1.54) is 0 Å². The molecule has 0 spiro atoms. The fourth-order valence-electron chi connectivity index (χ4n) is 3.52. The Morgan fingerprint density at radius 1 is 1.48 bits per heavy atom. The van der Waals surface area contributed by atoms with Crippen LogP contribution < -0.4 is 5.73 Å². The van der Waals surface area contributed by atoms with Gasteiger partial charge in [-0.1, -0.05) is 31.2 Å². The second-order valence-electron chi connectivity index (χ2n) is 5.97. The number of aryl methyl sites for hydroxylation is 1. The molecule has 0 saturated carbocycles. The Bertz CT molecular complexity index is 713. The molecule has 2 atom stereocenters. The first-order chi connectivity index (χ1) is 11.0. The van der Waals surface area contributed by atoms with Gasteiger partial charge in [-0.15, -0.1) is 11.3 Å². The van der Waals surface area contributed by atoms with E-state index in [9.17, 15) is 9.90 Å². The molecule has 2 unspecified atom stereocenters. The van der Waals surface area contributed by atoms with E-state index in [1.807, 2.05) is 48.5 Å². The Hall–Kier alpha value is -1.76. The average molecular weight is 331 g/mol. The highest BCUT2D eigenvalue weighted by Gasteiger charge is 2.50. The summed E-state index contributed by atoms with van der Waals surface area (Å²) in [5.74, 6) is -0.405. The SMILES string of the molecule is CCN1CC(O)CC1(C(N)=O)c1ccc(-c2scnc2C)cc1. The number of benzene rings is 1. The monoisotopic (exact) mass is 331 g/mol. The maximum atomic E-state index is 12.3. The van der Waals surface area contributed by atoms with E-state index in [4.69, 9.17) is 5.73 Å². The molecule has 5 nitrogen and oxygen atoms in total. The predicted octanol–water partition coefficient (Wildman–Crippen LogP) is 1.89. The molecule has 122 valence electrons. The predicted molar refractivity (Wildman–Crippen MR) is 91.0 cm³/mol. The lowest BCUT2D eigenvalue weighted by Gasteiger charge is -2.35. The zero-order chi connectivity index (χ0) is 16.6. The van der Waals surface area contributed by atoms with Crippen LogP contribution in [0.25, 0.3) is 10.4 Å². The highest BCUT2D eigenvalue weighted by Crippen LogP contribution is 2.39. The quantitative estimate of drug-likeness (QED) is 0.896. The number of carbonyl (C=O) groups is 1. The summed E-state index contributed by atoms with van der Waals surface area (Å²) in [4.78, 5) is 19.6. The molecule has 0 bridgehead atoms. The summed E-state index contributed by atoms with van der Waals surface area (Å²) < 4.78 is 0. The third-order valence-electron chi connectivity index (χ3n) is 4.66. The molecule has 3 rings (SSSR count). The molecule has 0 radical (unpaired) electrons. The number of aliphatic hydroxyl groups excluding tert-OH is 1. The highest BCUT2D eigenvalue weighted by atomic mass is 32.1. The van der Waals surface area contributed by atoms with Gasteiger partial charge in [0.05, 0.1) is 22.2 Å². The van der Waals surface area contributed by atoms with Crippen LogP contribution in [-0.4, -0.2) is 40.1 Å². The van der Waals surface area contributed by atoms with E-state index in [0.29, 0.717) is 19.5 Å².